The van der Waals surface area contributed by atoms with Crippen molar-refractivity contribution in [1.29, 1.82) is 0 Å². The Kier molecular flexibility index (Phi) is 4.61. The Morgan fingerprint density at radius 3 is 2.43 bits per heavy atom. The van der Waals surface area contributed by atoms with Gasteiger partial charge in [0, 0.05) is 11.1 Å². The first kappa shape index (κ1) is 15.9. The normalized spacial score (nSPS) is 13.1. The first-order valence-electron chi connectivity index (χ1n) is 6.02. The lowest BCUT2D eigenvalue weighted by atomic mass is 10.1. The van der Waals surface area contributed by atoms with Gasteiger partial charge in [-0.2, -0.15) is 0 Å². The van der Waals surface area contributed by atoms with E-state index in [4.69, 9.17) is 11.6 Å². The second-order valence-electron chi connectivity index (χ2n) is 4.47. The fourth-order valence-corrected chi connectivity index (χ4v) is 3.32. The number of halogens is 3. The van der Waals surface area contributed by atoms with Crippen LogP contribution in [-0.2, 0) is 10.0 Å². The molecule has 0 heterocycles. The summed E-state index contributed by atoms with van der Waals surface area (Å²) in [5.74, 6) is -2.01. The molecule has 0 amide bonds. The first-order valence-corrected chi connectivity index (χ1v) is 7.88. The van der Waals surface area contributed by atoms with Gasteiger partial charge in [-0.15, -0.1) is 0 Å². The van der Waals surface area contributed by atoms with Crippen LogP contribution in [0.15, 0.2) is 47.4 Å². The Morgan fingerprint density at radius 1 is 1.10 bits per heavy atom. The summed E-state index contributed by atoms with van der Waals surface area (Å²) in [5.41, 5.74) is 0.319. The van der Waals surface area contributed by atoms with Gasteiger partial charge in [0.25, 0.3) is 0 Å². The van der Waals surface area contributed by atoms with Crippen LogP contribution in [0.4, 0.5) is 8.78 Å². The van der Waals surface area contributed by atoms with Gasteiger partial charge in [0.1, 0.15) is 0 Å². The quantitative estimate of drug-likeness (QED) is 0.929. The third kappa shape index (κ3) is 3.78. The summed E-state index contributed by atoms with van der Waals surface area (Å²) in [6.45, 7) is 1.54. The Morgan fingerprint density at radius 2 is 1.81 bits per heavy atom. The average molecular weight is 332 g/mol. The van der Waals surface area contributed by atoms with Crippen molar-refractivity contribution < 1.29 is 17.2 Å². The van der Waals surface area contributed by atoms with E-state index in [1.54, 1.807) is 6.07 Å². The lowest BCUT2D eigenvalue weighted by Gasteiger charge is -2.15. The Balaban J connectivity index is 2.25. The van der Waals surface area contributed by atoms with Gasteiger partial charge in [-0.25, -0.2) is 21.9 Å². The maximum absolute atomic E-state index is 13.2. The number of nitrogens with one attached hydrogen (secondary N) is 1. The van der Waals surface area contributed by atoms with Crippen molar-refractivity contribution in [2.45, 2.75) is 17.9 Å². The minimum atomic E-state index is -3.80. The van der Waals surface area contributed by atoms with Crippen molar-refractivity contribution in [3.8, 4) is 0 Å². The van der Waals surface area contributed by atoms with Crippen molar-refractivity contribution in [3.63, 3.8) is 0 Å². The molecule has 7 heteroatoms. The first-order chi connectivity index (χ1) is 9.79. The fourth-order valence-electron chi connectivity index (χ4n) is 1.78. The summed E-state index contributed by atoms with van der Waals surface area (Å²) >= 11 is 5.76. The van der Waals surface area contributed by atoms with E-state index in [2.05, 4.69) is 4.72 Å². The maximum atomic E-state index is 13.2. The summed E-state index contributed by atoms with van der Waals surface area (Å²) in [5, 5.41) is 0.290. The molecule has 0 radical (unpaired) electrons. The molecule has 3 nitrogen and oxygen atoms in total. The molecule has 0 spiro atoms. The van der Waals surface area contributed by atoms with Crippen molar-refractivity contribution >= 4 is 21.6 Å². The van der Waals surface area contributed by atoms with E-state index in [1.807, 2.05) is 0 Å². The van der Waals surface area contributed by atoms with Crippen molar-refractivity contribution in [1.82, 2.24) is 4.72 Å². The molecule has 0 saturated heterocycles. The van der Waals surface area contributed by atoms with E-state index in [0.717, 1.165) is 12.1 Å². The lowest BCUT2D eigenvalue weighted by Crippen LogP contribution is -2.27. The van der Waals surface area contributed by atoms with E-state index in [1.165, 1.54) is 31.2 Å². The number of hydrogen-bond acceptors (Lipinski definition) is 2. The molecule has 0 fully saturated rings. The number of benzene rings is 2. The fraction of sp³-hybridized carbons (Fsp3) is 0.143. The van der Waals surface area contributed by atoms with E-state index in [-0.39, 0.29) is 4.90 Å². The van der Waals surface area contributed by atoms with Crippen LogP contribution >= 0.6 is 11.6 Å². The maximum Gasteiger partial charge on any atom is 0.241 e. The van der Waals surface area contributed by atoms with Crippen LogP contribution in [-0.4, -0.2) is 8.42 Å². The van der Waals surface area contributed by atoms with Crippen LogP contribution in [0, 0.1) is 11.6 Å². The minimum Gasteiger partial charge on any atom is -0.207 e. The molecule has 0 aliphatic rings. The van der Waals surface area contributed by atoms with E-state index in [9.17, 15) is 17.2 Å². The largest absolute Gasteiger partial charge is 0.241 e. The molecular formula is C14H12ClF2NO2S. The number of rotatable bonds is 4. The van der Waals surface area contributed by atoms with Crippen LogP contribution in [0.25, 0.3) is 0 Å². The Bertz CT molecular complexity index is 765. The Labute approximate surface area is 126 Å². The number of sulfonamides is 1. The summed E-state index contributed by atoms with van der Waals surface area (Å²) in [7, 11) is -3.80. The number of hydrogen-bond donors (Lipinski definition) is 1. The molecule has 1 N–H and O–H groups in total. The molecule has 1 atom stereocenters. The van der Waals surface area contributed by atoms with Gasteiger partial charge in [-0.3, -0.25) is 0 Å². The third-order valence-corrected chi connectivity index (χ3v) is 4.66. The van der Waals surface area contributed by atoms with Gasteiger partial charge in [0.05, 0.1) is 4.90 Å². The molecule has 112 valence electrons. The molecule has 2 aromatic carbocycles. The SMILES string of the molecule is CC(NS(=O)(=O)c1cccc(Cl)c1)c1ccc(F)c(F)c1. The smallest absolute Gasteiger partial charge is 0.207 e. The summed E-state index contributed by atoms with van der Waals surface area (Å²) in [6, 6.07) is 8.29. The molecule has 0 bridgehead atoms. The highest BCUT2D eigenvalue weighted by Gasteiger charge is 2.19. The predicted octanol–water partition coefficient (Wildman–Crippen LogP) is 3.66. The zero-order valence-electron chi connectivity index (χ0n) is 11.0. The van der Waals surface area contributed by atoms with Gasteiger partial charge in [-0.05, 0) is 42.8 Å². The van der Waals surface area contributed by atoms with Gasteiger partial charge < -0.3 is 0 Å². The molecule has 2 aromatic rings. The summed E-state index contributed by atoms with van der Waals surface area (Å²) in [6.07, 6.45) is 0. The summed E-state index contributed by atoms with van der Waals surface area (Å²) < 4.78 is 52.8. The molecule has 2 rings (SSSR count). The van der Waals surface area contributed by atoms with Gasteiger partial charge in [0.15, 0.2) is 11.6 Å². The van der Waals surface area contributed by atoms with Gasteiger partial charge in [0.2, 0.25) is 10.0 Å². The predicted molar refractivity (Wildman–Crippen MR) is 76.5 cm³/mol. The lowest BCUT2D eigenvalue weighted by molar-refractivity contribution is 0.504. The molecular weight excluding hydrogens is 320 g/mol. The van der Waals surface area contributed by atoms with Crippen molar-refractivity contribution in [3.05, 3.63) is 64.7 Å². The molecule has 1 unspecified atom stereocenters. The third-order valence-electron chi connectivity index (χ3n) is 2.88. The monoisotopic (exact) mass is 331 g/mol. The average Bonchev–Trinajstić information content (AvgIpc) is 2.41. The highest BCUT2D eigenvalue weighted by atomic mass is 35.5. The highest BCUT2D eigenvalue weighted by molar-refractivity contribution is 7.89. The zero-order chi connectivity index (χ0) is 15.6. The summed E-state index contributed by atoms with van der Waals surface area (Å²) in [4.78, 5) is 0.00411. The molecule has 0 aromatic heterocycles. The molecule has 21 heavy (non-hydrogen) atoms. The zero-order valence-corrected chi connectivity index (χ0v) is 12.5. The van der Waals surface area contributed by atoms with Crippen LogP contribution in [0.3, 0.4) is 0 Å². The van der Waals surface area contributed by atoms with Crippen LogP contribution in [0.5, 0.6) is 0 Å². The molecule has 0 aliphatic carbocycles. The molecule has 0 saturated carbocycles. The topological polar surface area (TPSA) is 46.2 Å². The highest BCUT2D eigenvalue weighted by Crippen LogP contribution is 2.20. The molecule has 0 aliphatic heterocycles. The van der Waals surface area contributed by atoms with Crippen molar-refractivity contribution in [2.24, 2.45) is 0 Å². The second kappa shape index (κ2) is 6.09. The van der Waals surface area contributed by atoms with Crippen LogP contribution < -0.4 is 4.72 Å². The van der Waals surface area contributed by atoms with E-state index in [0.29, 0.717) is 10.6 Å². The van der Waals surface area contributed by atoms with E-state index >= 15 is 0 Å². The van der Waals surface area contributed by atoms with Crippen molar-refractivity contribution in [2.75, 3.05) is 0 Å². The van der Waals surface area contributed by atoms with E-state index < -0.39 is 27.7 Å². The Hall–Kier alpha value is -1.50. The van der Waals surface area contributed by atoms with Crippen LogP contribution in [0.2, 0.25) is 5.02 Å². The van der Waals surface area contributed by atoms with Gasteiger partial charge >= 0.3 is 0 Å². The second-order valence-corrected chi connectivity index (χ2v) is 6.62. The van der Waals surface area contributed by atoms with Crippen LogP contribution in [0.1, 0.15) is 18.5 Å². The van der Waals surface area contributed by atoms with Gasteiger partial charge in [-0.1, -0.05) is 23.7 Å². The standard InChI is InChI=1S/C14H12ClF2NO2S/c1-9(10-5-6-13(16)14(17)7-10)18-21(19,20)12-4-2-3-11(15)8-12/h2-9,18H,1H3. The minimum absolute atomic E-state index is 0.00411.